The Morgan fingerprint density at radius 3 is 2.21 bits per heavy atom. The maximum Gasteiger partial charge on any atom is 0.494 e. The summed E-state index contributed by atoms with van der Waals surface area (Å²) >= 11 is 0. The van der Waals surface area contributed by atoms with Gasteiger partial charge in [0.05, 0.1) is 14.2 Å². The van der Waals surface area contributed by atoms with E-state index in [9.17, 15) is 0 Å². The maximum absolute atomic E-state index is 9.02. The molecule has 0 saturated heterocycles. The average molecular weight is 197 g/mol. The van der Waals surface area contributed by atoms with Crippen molar-refractivity contribution in [2.24, 2.45) is 0 Å². The molecule has 1 rings (SSSR count). The Morgan fingerprint density at radius 2 is 1.79 bits per heavy atom. The molecule has 0 aliphatic carbocycles. The first-order valence-corrected chi connectivity index (χ1v) is 4.05. The highest BCUT2D eigenvalue weighted by Crippen LogP contribution is 2.16. The Bertz CT molecular complexity index is 329. The Labute approximate surface area is 82.5 Å². The number of aromatic nitrogens is 1. The van der Waals surface area contributed by atoms with Gasteiger partial charge >= 0.3 is 7.12 Å². The summed E-state index contributed by atoms with van der Waals surface area (Å²) < 4.78 is 9.86. The summed E-state index contributed by atoms with van der Waals surface area (Å²) in [5.74, 6) is 0.564. The molecule has 14 heavy (non-hydrogen) atoms. The molecule has 0 unspecified atom stereocenters. The second kappa shape index (κ2) is 4.30. The molecule has 0 aromatic carbocycles. The third-order valence-electron chi connectivity index (χ3n) is 1.82. The summed E-state index contributed by atoms with van der Waals surface area (Å²) in [6.45, 7) is 1.76. The van der Waals surface area contributed by atoms with Crippen LogP contribution in [-0.2, 0) is 0 Å². The van der Waals surface area contributed by atoms with Gasteiger partial charge in [-0.05, 0) is 13.0 Å². The zero-order valence-electron chi connectivity index (χ0n) is 8.31. The molecular formula is C8H12BNO4. The summed E-state index contributed by atoms with van der Waals surface area (Å²) in [5, 5.41) is 18.0. The second-order valence-corrected chi connectivity index (χ2v) is 2.79. The second-order valence-electron chi connectivity index (χ2n) is 2.79. The lowest BCUT2D eigenvalue weighted by atomic mass is 9.80. The molecule has 0 radical (unpaired) electrons. The zero-order chi connectivity index (χ0) is 10.7. The highest BCUT2D eigenvalue weighted by molar-refractivity contribution is 6.59. The van der Waals surface area contributed by atoms with E-state index in [1.807, 2.05) is 0 Å². The predicted molar refractivity (Wildman–Crippen MR) is 51.9 cm³/mol. The molecule has 1 aromatic rings. The normalized spacial score (nSPS) is 9.79. The van der Waals surface area contributed by atoms with E-state index in [2.05, 4.69) is 4.98 Å². The molecule has 0 spiro atoms. The van der Waals surface area contributed by atoms with E-state index >= 15 is 0 Å². The van der Waals surface area contributed by atoms with Crippen LogP contribution in [-0.4, -0.2) is 36.4 Å². The average Bonchev–Trinajstić information content (AvgIpc) is 2.17. The topological polar surface area (TPSA) is 71.8 Å². The molecule has 0 fully saturated rings. The highest BCUT2D eigenvalue weighted by Gasteiger charge is 2.20. The quantitative estimate of drug-likeness (QED) is 0.613. The Kier molecular flexibility index (Phi) is 3.32. The molecule has 76 valence electrons. The van der Waals surface area contributed by atoms with Crippen molar-refractivity contribution in [3.63, 3.8) is 0 Å². The van der Waals surface area contributed by atoms with Crippen LogP contribution in [0.15, 0.2) is 6.07 Å². The number of methoxy groups -OCH3 is 2. The van der Waals surface area contributed by atoms with Crippen LogP contribution in [0.2, 0.25) is 0 Å². The van der Waals surface area contributed by atoms with Gasteiger partial charge in [0.2, 0.25) is 11.8 Å². The van der Waals surface area contributed by atoms with Crippen molar-refractivity contribution >= 4 is 12.6 Å². The summed E-state index contributed by atoms with van der Waals surface area (Å²) in [7, 11) is 1.30. The molecule has 0 amide bonds. The van der Waals surface area contributed by atoms with Gasteiger partial charge in [-0.15, -0.1) is 0 Å². The Balaban J connectivity index is 3.24. The third kappa shape index (κ3) is 1.97. The van der Waals surface area contributed by atoms with Gasteiger partial charge in [0.25, 0.3) is 0 Å². The first-order chi connectivity index (χ1) is 6.60. The van der Waals surface area contributed by atoms with Crippen LogP contribution in [0.3, 0.4) is 0 Å². The van der Waals surface area contributed by atoms with Crippen LogP contribution in [0.1, 0.15) is 5.56 Å². The lowest BCUT2D eigenvalue weighted by Gasteiger charge is -2.10. The first-order valence-electron chi connectivity index (χ1n) is 4.05. The van der Waals surface area contributed by atoms with E-state index in [-0.39, 0.29) is 11.3 Å². The molecule has 0 saturated carbocycles. The van der Waals surface area contributed by atoms with E-state index in [4.69, 9.17) is 19.5 Å². The minimum atomic E-state index is -1.60. The van der Waals surface area contributed by atoms with Gasteiger partial charge in [-0.3, -0.25) is 0 Å². The van der Waals surface area contributed by atoms with Crippen LogP contribution in [0.4, 0.5) is 0 Å². The van der Waals surface area contributed by atoms with Crippen LogP contribution < -0.4 is 14.9 Å². The van der Waals surface area contributed by atoms with E-state index in [0.717, 1.165) is 5.56 Å². The number of ether oxygens (including phenoxy) is 2. The monoisotopic (exact) mass is 197 g/mol. The van der Waals surface area contributed by atoms with Gasteiger partial charge in [0.15, 0.2) is 0 Å². The molecular weight excluding hydrogens is 185 g/mol. The van der Waals surface area contributed by atoms with E-state index in [1.54, 1.807) is 13.0 Å². The van der Waals surface area contributed by atoms with E-state index in [1.165, 1.54) is 14.2 Å². The fourth-order valence-corrected chi connectivity index (χ4v) is 1.16. The third-order valence-corrected chi connectivity index (χ3v) is 1.82. The van der Waals surface area contributed by atoms with Crippen molar-refractivity contribution in [2.75, 3.05) is 14.2 Å². The standard InChI is InChI=1S/C8H12BNO4/c1-5-4-6(9(11)12)8(14-3)10-7(5)13-2/h4,11-12H,1-3H3. The summed E-state index contributed by atoms with van der Waals surface area (Å²) in [4.78, 5) is 3.97. The molecule has 0 aliphatic rings. The van der Waals surface area contributed by atoms with Crippen molar-refractivity contribution < 1.29 is 19.5 Å². The molecule has 0 aliphatic heterocycles. The van der Waals surface area contributed by atoms with Crippen molar-refractivity contribution in [3.05, 3.63) is 11.6 Å². The lowest BCUT2D eigenvalue weighted by molar-refractivity contribution is 0.361. The summed E-state index contributed by atoms with van der Waals surface area (Å²) in [6.07, 6.45) is 0. The highest BCUT2D eigenvalue weighted by atomic mass is 16.5. The molecule has 5 nitrogen and oxygen atoms in total. The number of hydrogen-bond donors (Lipinski definition) is 2. The number of rotatable bonds is 3. The van der Waals surface area contributed by atoms with E-state index < -0.39 is 7.12 Å². The largest absolute Gasteiger partial charge is 0.494 e. The molecule has 0 atom stereocenters. The summed E-state index contributed by atoms with van der Waals surface area (Å²) in [6, 6.07) is 1.56. The zero-order valence-corrected chi connectivity index (χ0v) is 8.31. The maximum atomic E-state index is 9.02. The molecule has 1 aromatic heterocycles. The fourth-order valence-electron chi connectivity index (χ4n) is 1.16. The molecule has 2 N–H and O–H groups in total. The van der Waals surface area contributed by atoms with Gasteiger partial charge in [-0.2, -0.15) is 4.98 Å². The van der Waals surface area contributed by atoms with Crippen LogP contribution in [0, 0.1) is 6.92 Å². The van der Waals surface area contributed by atoms with Gasteiger partial charge in [-0.25, -0.2) is 0 Å². The van der Waals surface area contributed by atoms with Crippen molar-refractivity contribution in [2.45, 2.75) is 6.92 Å². The Hall–Kier alpha value is -1.27. The minimum absolute atomic E-state index is 0.155. The van der Waals surface area contributed by atoms with Crippen LogP contribution in [0.25, 0.3) is 0 Å². The molecule has 0 bridgehead atoms. The Morgan fingerprint density at radius 1 is 1.21 bits per heavy atom. The molecule has 6 heteroatoms. The van der Waals surface area contributed by atoms with Gasteiger partial charge in [0.1, 0.15) is 0 Å². The van der Waals surface area contributed by atoms with Crippen LogP contribution in [0.5, 0.6) is 11.8 Å². The van der Waals surface area contributed by atoms with Gasteiger partial charge in [0, 0.05) is 11.0 Å². The van der Waals surface area contributed by atoms with Crippen molar-refractivity contribution in [1.29, 1.82) is 0 Å². The molecule has 1 heterocycles. The predicted octanol–water partition coefficient (Wildman–Crippen LogP) is -0.913. The number of nitrogens with zero attached hydrogens (tertiary/aromatic N) is 1. The smallest absolute Gasteiger partial charge is 0.481 e. The SMILES string of the molecule is COc1nc(OC)c(B(O)O)cc1C. The van der Waals surface area contributed by atoms with Gasteiger partial charge < -0.3 is 19.5 Å². The number of hydrogen-bond acceptors (Lipinski definition) is 5. The van der Waals surface area contributed by atoms with Crippen molar-refractivity contribution in [1.82, 2.24) is 4.98 Å². The first kappa shape index (κ1) is 10.8. The summed E-state index contributed by atoms with van der Waals surface area (Å²) in [5.41, 5.74) is 0.946. The number of aryl methyl sites for hydroxylation is 1. The van der Waals surface area contributed by atoms with Crippen molar-refractivity contribution in [3.8, 4) is 11.8 Å². The van der Waals surface area contributed by atoms with Crippen LogP contribution >= 0.6 is 0 Å². The fraction of sp³-hybridized carbons (Fsp3) is 0.375. The number of pyridine rings is 1. The minimum Gasteiger partial charge on any atom is -0.481 e. The van der Waals surface area contributed by atoms with Gasteiger partial charge in [-0.1, -0.05) is 0 Å². The lowest BCUT2D eigenvalue weighted by Crippen LogP contribution is -2.32. The van der Waals surface area contributed by atoms with E-state index in [0.29, 0.717) is 5.88 Å².